The molecule has 2 amide bonds. The van der Waals surface area contributed by atoms with E-state index in [0.29, 0.717) is 18.7 Å². The lowest BCUT2D eigenvalue weighted by atomic mass is 9.97. The minimum atomic E-state index is -4.28. The lowest BCUT2D eigenvalue weighted by molar-refractivity contribution is -0.184. The third kappa shape index (κ3) is 3.99. The monoisotopic (exact) mass is 314 g/mol. The van der Waals surface area contributed by atoms with E-state index in [1.807, 2.05) is 0 Å². The molecule has 120 valence electrons. The summed E-state index contributed by atoms with van der Waals surface area (Å²) < 4.78 is 38.4. The lowest BCUT2D eigenvalue weighted by Gasteiger charge is -2.33. The van der Waals surface area contributed by atoms with Gasteiger partial charge in [0, 0.05) is 31.3 Å². The van der Waals surface area contributed by atoms with Crippen molar-refractivity contribution in [3.05, 3.63) is 29.8 Å². The highest BCUT2D eigenvalue weighted by molar-refractivity contribution is 5.96. The zero-order valence-electron chi connectivity index (χ0n) is 12.1. The molecular weight excluding hydrogens is 297 g/mol. The second-order valence-corrected chi connectivity index (χ2v) is 5.39. The summed E-state index contributed by atoms with van der Waals surface area (Å²) in [6.45, 7) is 1.34. The molecule has 1 aliphatic heterocycles. The Morgan fingerprint density at radius 3 is 2.68 bits per heavy atom. The number of nitrogens with one attached hydrogen (secondary N) is 1. The van der Waals surface area contributed by atoms with Crippen LogP contribution in [0.2, 0.25) is 0 Å². The molecule has 1 aliphatic rings. The average Bonchev–Trinajstić information content (AvgIpc) is 2.45. The number of halogens is 3. The van der Waals surface area contributed by atoms with Crippen LogP contribution in [0.3, 0.4) is 0 Å². The molecule has 0 unspecified atom stereocenters. The van der Waals surface area contributed by atoms with Gasteiger partial charge in [0.25, 0.3) is 5.91 Å². The van der Waals surface area contributed by atoms with E-state index in [4.69, 9.17) is 0 Å². The lowest BCUT2D eigenvalue weighted by Crippen LogP contribution is -2.44. The third-order valence-electron chi connectivity index (χ3n) is 3.60. The summed E-state index contributed by atoms with van der Waals surface area (Å²) >= 11 is 0. The fourth-order valence-electron chi connectivity index (χ4n) is 2.54. The molecule has 1 aromatic carbocycles. The van der Waals surface area contributed by atoms with Gasteiger partial charge in [-0.05, 0) is 31.0 Å². The summed E-state index contributed by atoms with van der Waals surface area (Å²) in [5.74, 6) is -2.19. The van der Waals surface area contributed by atoms with E-state index in [2.05, 4.69) is 5.32 Å². The first-order chi connectivity index (χ1) is 10.3. The number of carbonyl (C=O) groups excluding carboxylic acids is 2. The molecule has 1 N–H and O–H groups in total. The molecule has 7 heteroatoms. The highest BCUT2D eigenvalue weighted by Gasteiger charge is 2.42. The Balaban J connectivity index is 2.12. The summed E-state index contributed by atoms with van der Waals surface area (Å²) in [7, 11) is 0. The van der Waals surface area contributed by atoms with Crippen molar-refractivity contribution >= 4 is 17.5 Å². The zero-order chi connectivity index (χ0) is 16.3. The van der Waals surface area contributed by atoms with Crippen LogP contribution in [0.4, 0.5) is 18.9 Å². The molecule has 1 fully saturated rings. The fraction of sp³-hybridized carbons (Fsp3) is 0.467. The zero-order valence-corrected chi connectivity index (χ0v) is 12.1. The van der Waals surface area contributed by atoms with E-state index in [0.717, 1.165) is 0 Å². The second kappa shape index (κ2) is 6.37. The van der Waals surface area contributed by atoms with E-state index >= 15 is 0 Å². The van der Waals surface area contributed by atoms with Gasteiger partial charge in [0.1, 0.15) is 0 Å². The maximum absolute atomic E-state index is 12.8. The maximum atomic E-state index is 12.8. The van der Waals surface area contributed by atoms with Crippen LogP contribution < -0.4 is 5.32 Å². The Morgan fingerprint density at radius 2 is 2.05 bits per heavy atom. The van der Waals surface area contributed by atoms with Crippen LogP contribution in [0, 0.1) is 5.92 Å². The first-order valence-corrected chi connectivity index (χ1v) is 7.01. The highest BCUT2D eigenvalue weighted by Crippen LogP contribution is 2.33. The summed E-state index contributed by atoms with van der Waals surface area (Å²) in [6.07, 6.45) is -3.89. The highest BCUT2D eigenvalue weighted by atomic mass is 19.4. The summed E-state index contributed by atoms with van der Waals surface area (Å²) in [4.78, 5) is 24.6. The number of likely N-dealkylation sites (tertiary alicyclic amines) is 1. The van der Waals surface area contributed by atoms with E-state index < -0.39 is 18.0 Å². The van der Waals surface area contributed by atoms with Crippen molar-refractivity contribution in [2.45, 2.75) is 25.9 Å². The molecule has 1 atom stereocenters. The molecule has 2 rings (SSSR count). The standard InChI is InChI=1S/C15H17F3N2O2/c1-10(21)19-13-6-2-4-11(8-13)14(22)20-7-3-5-12(9-20)15(16,17)18/h2,4,6,8,12H,3,5,7,9H2,1H3,(H,19,21)/t12-/m1/s1. The smallest absolute Gasteiger partial charge is 0.338 e. The number of benzene rings is 1. The number of rotatable bonds is 2. The molecule has 1 saturated heterocycles. The van der Waals surface area contributed by atoms with Crippen molar-refractivity contribution in [3.63, 3.8) is 0 Å². The molecule has 0 aliphatic carbocycles. The molecule has 4 nitrogen and oxygen atoms in total. The third-order valence-corrected chi connectivity index (χ3v) is 3.60. The SMILES string of the molecule is CC(=O)Nc1cccc(C(=O)N2CCC[C@@H](C(F)(F)F)C2)c1. The number of nitrogens with zero attached hydrogens (tertiary/aromatic N) is 1. The maximum Gasteiger partial charge on any atom is 0.393 e. The van der Waals surface area contributed by atoms with Gasteiger partial charge in [-0.1, -0.05) is 6.07 Å². The van der Waals surface area contributed by atoms with Gasteiger partial charge in [0.2, 0.25) is 5.91 Å². The van der Waals surface area contributed by atoms with Gasteiger partial charge in [-0.15, -0.1) is 0 Å². The molecule has 1 aromatic rings. The van der Waals surface area contributed by atoms with E-state index in [1.54, 1.807) is 12.1 Å². The molecule has 0 bridgehead atoms. The predicted octanol–water partition coefficient (Wildman–Crippen LogP) is 3.06. The normalized spacial score (nSPS) is 18.9. The Bertz CT molecular complexity index is 572. The minimum Gasteiger partial charge on any atom is -0.338 e. The molecule has 0 saturated carbocycles. The molecule has 0 aromatic heterocycles. The number of hydrogen-bond donors (Lipinski definition) is 1. The van der Waals surface area contributed by atoms with Crippen molar-refractivity contribution in [1.29, 1.82) is 0 Å². The number of alkyl halides is 3. The molecular formula is C15H17F3N2O2. The Kier molecular flexibility index (Phi) is 4.73. The van der Waals surface area contributed by atoms with Gasteiger partial charge in [-0.3, -0.25) is 9.59 Å². The van der Waals surface area contributed by atoms with Crippen LogP contribution in [0.25, 0.3) is 0 Å². The molecule has 0 spiro atoms. The van der Waals surface area contributed by atoms with Gasteiger partial charge in [0.15, 0.2) is 0 Å². The quantitative estimate of drug-likeness (QED) is 0.912. The van der Waals surface area contributed by atoms with Crippen LogP contribution in [0.1, 0.15) is 30.1 Å². The van der Waals surface area contributed by atoms with Gasteiger partial charge in [-0.2, -0.15) is 13.2 Å². The molecule has 1 heterocycles. The second-order valence-electron chi connectivity index (χ2n) is 5.39. The number of amides is 2. The minimum absolute atomic E-state index is 0.0548. The van der Waals surface area contributed by atoms with Crippen LogP contribution >= 0.6 is 0 Å². The first kappa shape index (κ1) is 16.3. The largest absolute Gasteiger partial charge is 0.393 e. The summed E-state index contributed by atoms with van der Waals surface area (Å²) in [5.41, 5.74) is 0.719. The van der Waals surface area contributed by atoms with E-state index in [9.17, 15) is 22.8 Å². The van der Waals surface area contributed by atoms with Crippen LogP contribution in [0.5, 0.6) is 0 Å². The van der Waals surface area contributed by atoms with Gasteiger partial charge in [0.05, 0.1) is 5.92 Å². The van der Waals surface area contributed by atoms with Crippen molar-refractivity contribution < 1.29 is 22.8 Å². The van der Waals surface area contributed by atoms with Crippen LogP contribution in [-0.4, -0.2) is 36.0 Å². The Morgan fingerprint density at radius 1 is 1.32 bits per heavy atom. The first-order valence-electron chi connectivity index (χ1n) is 7.01. The van der Waals surface area contributed by atoms with Gasteiger partial charge in [-0.25, -0.2) is 0 Å². The number of carbonyl (C=O) groups is 2. The topological polar surface area (TPSA) is 49.4 Å². The van der Waals surface area contributed by atoms with Crippen LogP contribution in [-0.2, 0) is 4.79 Å². The Labute approximate surface area is 126 Å². The van der Waals surface area contributed by atoms with E-state index in [-0.39, 0.29) is 24.4 Å². The Hall–Kier alpha value is -2.05. The number of hydrogen-bond acceptors (Lipinski definition) is 2. The molecule has 0 radical (unpaired) electrons. The van der Waals surface area contributed by atoms with Gasteiger partial charge < -0.3 is 10.2 Å². The van der Waals surface area contributed by atoms with Crippen molar-refractivity contribution in [2.75, 3.05) is 18.4 Å². The molecule has 22 heavy (non-hydrogen) atoms. The number of anilines is 1. The summed E-state index contributed by atoms with van der Waals surface area (Å²) in [5, 5.41) is 2.55. The van der Waals surface area contributed by atoms with Gasteiger partial charge >= 0.3 is 6.18 Å². The number of piperidine rings is 1. The van der Waals surface area contributed by atoms with Crippen LogP contribution in [0.15, 0.2) is 24.3 Å². The summed E-state index contributed by atoms with van der Waals surface area (Å²) in [6, 6.07) is 6.21. The van der Waals surface area contributed by atoms with Crippen molar-refractivity contribution in [1.82, 2.24) is 4.90 Å². The predicted molar refractivity (Wildman–Crippen MR) is 75.4 cm³/mol. The average molecular weight is 314 g/mol. The van der Waals surface area contributed by atoms with E-state index in [1.165, 1.54) is 24.0 Å². The van der Waals surface area contributed by atoms with Crippen molar-refractivity contribution in [2.24, 2.45) is 5.92 Å². The van der Waals surface area contributed by atoms with Crippen molar-refractivity contribution in [3.8, 4) is 0 Å². The fourth-order valence-corrected chi connectivity index (χ4v) is 2.54.